The van der Waals surface area contributed by atoms with E-state index < -0.39 is 0 Å². The molecule has 9 heavy (non-hydrogen) atoms. The zero-order chi connectivity index (χ0) is 7.28. The molecule has 52 valence electrons. The van der Waals surface area contributed by atoms with Crippen molar-refractivity contribution < 1.29 is 4.79 Å². The van der Waals surface area contributed by atoms with Crippen LogP contribution in [0.15, 0.2) is 11.6 Å². The summed E-state index contributed by atoms with van der Waals surface area (Å²) in [5, 5.41) is 0. The molecule has 0 amide bonds. The van der Waals surface area contributed by atoms with Crippen LogP contribution in [0.2, 0.25) is 0 Å². The fourth-order valence-corrected chi connectivity index (χ4v) is 0.793. The molecule has 0 aromatic carbocycles. The molecule has 0 aliphatic rings. The normalized spacial score (nSPS) is 11.7. The van der Waals surface area contributed by atoms with Crippen molar-refractivity contribution in [3.05, 3.63) is 11.6 Å². The standard InChI is InChI=1S/C8H14O/c1-4-6-8(5-2)7(3)9/h5H,4,6H2,1-3H3. The summed E-state index contributed by atoms with van der Waals surface area (Å²) < 4.78 is 0. The van der Waals surface area contributed by atoms with E-state index in [0.29, 0.717) is 0 Å². The Morgan fingerprint density at radius 1 is 1.56 bits per heavy atom. The van der Waals surface area contributed by atoms with E-state index in [1.54, 1.807) is 6.92 Å². The quantitative estimate of drug-likeness (QED) is 0.530. The smallest absolute Gasteiger partial charge is 0.155 e. The second-order valence-electron chi connectivity index (χ2n) is 2.12. The van der Waals surface area contributed by atoms with Gasteiger partial charge in [-0.1, -0.05) is 19.4 Å². The van der Waals surface area contributed by atoms with Crippen molar-refractivity contribution in [3.63, 3.8) is 0 Å². The summed E-state index contributed by atoms with van der Waals surface area (Å²) in [7, 11) is 0. The van der Waals surface area contributed by atoms with Crippen LogP contribution in [0, 0.1) is 0 Å². The molecule has 0 rings (SSSR count). The van der Waals surface area contributed by atoms with Gasteiger partial charge in [0, 0.05) is 0 Å². The van der Waals surface area contributed by atoms with Crippen LogP contribution in [0.5, 0.6) is 0 Å². The molecule has 0 unspecified atom stereocenters. The summed E-state index contributed by atoms with van der Waals surface area (Å²) in [6.07, 6.45) is 3.87. The molecule has 0 radical (unpaired) electrons. The molecular weight excluding hydrogens is 112 g/mol. The predicted molar refractivity (Wildman–Crippen MR) is 39.3 cm³/mol. The minimum atomic E-state index is 0.208. The van der Waals surface area contributed by atoms with E-state index in [9.17, 15) is 4.79 Å². The van der Waals surface area contributed by atoms with Crippen molar-refractivity contribution in [1.29, 1.82) is 0 Å². The van der Waals surface area contributed by atoms with Crippen LogP contribution in [0.25, 0.3) is 0 Å². The number of allylic oxidation sites excluding steroid dienone is 2. The topological polar surface area (TPSA) is 17.1 Å². The Labute approximate surface area is 56.8 Å². The van der Waals surface area contributed by atoms with E-state index in [1.165, 1.54) is 0 Å². The Balaban J connectivity index is 3.85. The average Bonchev–Trinajstić information content (AvgIpc) is 1.82. The number of rotatable bonds is 3. The summed E-state index contributed by atoms with van der Waals surface area (Å²) in [6, 6.07) is 0. The molecule has 0 spiro atoms. The van der Waals surface area contributed by atoms with Crippen LogP contribution in [0.1, 0.15) is 33.6 Å². The number of hydrogen-bond donors (Lipinski definition) is 0. The van der Waals surface area contributed by atoms with Crippen molar-refractivity contribution in [3.8, 4) is 0 Å². The molecule has 0 aliphatic carbocycles. The Hall–Kier alpha value is -0.590. The Bertz CT molecular complexity index is 123. The van der Waals surface area contributed by atoms with Crippen LogP contribution in [0.4, 0.5) is 0 Å². The maximum Gasteiger partial charge on any atom is 0.155 e. The fourth-order valence-electron chi connectivity index (χ4n) is 0.793. The maximum atomic E-state index is 10.7. The van der Waals surface area contributed by atoms with E-state index in [1.807, 2.05) is 13.0 Å². The molecule has 1 nitrogen and oxygen atoms in total. The number of hydrogen-bond acceptors (Lipinski definition) is 1. The summed E-state index contributed by atoms with van der Waals surface area (Å²) in [5.74, 6) is 0.208. The van der Waals surface area contributed by atoms with E-state index in [-0.39, 0.29) is 5.78 Å². The largest absolute Gasteiger partial charge is 0.295 e. The van der Waals surface area contributed by atoms with Gasteiger partial charge < -0.3 is 0 Å². The Morgan fingerprint density at radius 3 is 2.22 bits per heavy atom. The lowest BCUT2D eigenvalue weighted by atomic mass is 10.1. The first-order chi connectivity index (χ1) is 4.22. The van der Waals surface area contributed by atoms with Crippen LogP contribution in [-0.2, 0) is 4.79 Å². The molecule has 0 atom stereocenters. The second-order valence-corrected chi connectivity index (χ2v) is 2.12. The first kappa shape index (κ1) is 8.41. The monoisotopic (exact) mass is 126 g/mol. The van der Waals surface area contributed by atoms with Gasteiger partial charge in [-0.2, -0.15) is 0 Å². The molecular formula is C8H14O. The lowest BCUT2D eigenvalue weighted by Gasteiger charge is -1.96. The van der Waals surface area contributed by atoms with Gasteiger partial charge in [0.2, 0.25) is 0 Å². The van der Waals surface area contributed by atoms with E-state index in [2.05, 4.69) is 6.92 Å². The zero-order valence-corrected chi connectivity index (χ0v) is 6.40. The molecule has 0 aliphatic heterocycles. The van der Waals surface area contributed by atoms with Crippen molar-refractivity contribution >= 4 is 5.78 Å². The third kappa shape index (κ3) is 3.07. The van der Waals surface area contributed by atoms with Gasteiger partial charge in [0.1, 0.15) is 0 Å². The van der Waals surface area contributed by atoms with Crippen LogP contribution < -0.4 is 0 Å². The molecule has 0 saturated heterocycles. The molecule has 0 bridgehead atoms. The first-order valence-electron chi connectivity index (χ1n) is 3.38. The van der Waals surface area contributed by atoms with Gasteiger partial charge in [-0.25, -0.2) is 0 Å². The average molecular weight is 126 g/mol. The maximum absolute atomic E-state index is 10.7. The van der Waals surface area contributed by atoms with Gasteiger partial charge in [0.25, 0.3) is 0 Å². The minimum absolute atomic E-state index is 0.208. The van der Waals surface area contributed by atoms with Crippen molar-refractivity contribution in [2.75, 3.05) is 0 Å². The number of Topliss-reactive ketones (excluding diaryl/α,β-unsaturated/α-hetero) is 1. The first-order valence-corrected chi connectivity index (χ1v) is 3.38. The summed E-state index contributed by atoms with van der Waals surface area (Å²) >= 11 is 0. The van der Waals surface area contributed by atoms with Gasteiger partial charge in [-0.15, -0.1) is 0 Å². The Kier molecular flexibility index (Phi) is 4.02. The lowest BCUT2D eigenvalue weighted by molar-refractivity contribution is -0.113. The zero-order valence-electron chi connectivity index (χ0n) is 6.40. The molecule has 0 saturated carbocycles. The highest BCUT2D eigenvalue weighted by Crippen LogP contribution is 2.04. The van der Waals surface area contributed by atoms with Gasteiger partial charge in [0.05, 0.1) is 0 Å². The van der Waals surface area contributed by atoms with E-state index in [0.717, 1.165) is 18.4 Å². The van der Waals surface area contributed by atoms with Crippen LogP contribution in [-0.4, -0.2) is 5.78 Å². The highest BCUT2D eigenvalue weighted by molar-refractivity contribution is 5.93. The van der Waals surface area contributed by atoms with Crippen LogP contribution >= 0.6 is 0 Å². The van der Waals surface area contributed by atoms with Gasteiger partial charge >= 0.3 is 0 Å². The van der Waals surface area contributed by atoms with Gasteiger partial charge in [-0.3, -0.25) is 4.79 Å². The highest BCUT2D eigenvalue weighted by Gasteiger charge is 1.98. The SMILES string of the molecule is CC=C(CCC)C(C)=O. The summed E-state index contributed by atoms with van der Waals surface area (Å²) in [4.78, 5) is 10.7. The predicted octanol–water partition coefficient (Wildman–Crippen LogP) is 2.32. The number of carbonyl (C=O) groups is 1. The lowest BCUT2D eigenvalue weighted by Crippen LogP contribution is -1.94. The van der Waals surface area contributed by atoms with E-state index >= 15 is 0 Å². The van der Waals surface area contributed by atoms with E-state index in [4.69, 9.17) is 0 Å². The van der Waals surface area contributed by atoms with Crippen LogP contribution in [0.3, 0.4) is 0 Å². The van der Waals surface area contributed by atoms with Crippen molar-refractivity contribution in [1.82, 2.24) is 0 Å². The third-order valence-electron chi connectivity index (χ3n) is 1.32. The Morgan fingerprint density at radius 2 is 2.11 bits per heavy atom. The minimum Gasteiger partial charge on any atom is -0.295 e. The van der Waals surface area contributed by atoms with Gasteiger partial charge in [0.15, 0.2) is 5.78 Å². The second kappa shape index (κ2) is 4.30. The summed E-state index contributed by atoms with van der Waals surface area (Å²) in [6.45, 7) is 5.60. The molecule has 0 aromatic heterocycles. The number of carbonyl (C=O) groups excluding carboxylic acids is 1. The fraction of sp³-hybridized carbons (Fsp3) is 0.625. The van der Waals surface area contributed by atoms with Gasteiger partial charge in [-0.05, 0) is 25.8 Å². The third-order valence-corrected chi connectivity index (χ3v) is 1.32. The molecule has 0 heterocycles. The molecule has 0 fully saturated rings. The highest BCUT2D eigenvalue weighted by atomic mass is 16.1. The molecule has 0 aromatic rings. The summed E-state index contributed by atoms with van der Waals surface area (Å²) in [5.41, 5.74) is 0.956. The van der Waals surface area contributed by atoms with Crippen molar-refractivity contribution in [2.24, 2.45) is 0 Å². The van der Waals surface area contributed by atoms with Crippen molar-refractivity contribution in [2.45, 2.75) is 33.6 Å². The number of ketones is 1. The molecule has 0 N–H and O–H groups in total. The molecule has 1 heteroatoms.